The van der Waals surface area contributed by atoms with Crippen LogP contribution >= 0.6 is 15.9 Å². The minimum absolute atomic E-state index is 0.0718. The summed E-state index contributed by atoms with van der Waals surface area (Å²) in [4.78, 5) is 4.39. The molecular weight excluding hydrogens is 424 g/mol. The number of benzene rings is 2. The van der Waals surface area contributed by atoms with E-state index in [1.54, 1.807) is 27.7 Å². The summed E-state index contributed by atoms with van der Waals surface area (Å²) in [5, 5.41) is 7.92. The van der Waals surface area contributed by atoms with Gasteiger partial charge in [0.2, 0.25) is 11.7 Å². The molecule has 1 aromatic heterocycles. The number of ether oxygens (including phenoxy) is 3. The van der Waals surface area contributed by atoms with E-state index in [0.29, 0.717) is 17.2 Å². The van der Waals surface area contributed by atoms with Crippen molar-refractivity contribution in [2.45, 2.75) is 18.5 Å². The molecule has 0 spiro atoms. The van der Waals surface area contributed by atoms with Gasteiger partial charge in [-0.2, -0.15) is 10.1 Å². The van der Waals surface area contributed by atoms with Crippen molar-refractivity contribution in [3.8, 4) is 17.2 Å². The first-order valence-corrected chi connectivity index (χ1v) is 9.66. The Labute approximate surface area is 171 Å². The number of rotatable bonds is 5. The summed E-state index contributed by atoms with van der Waals surface area (Å²) >= 11 is 3.56. The van der Waals surface area contributed by atoms with Crippen molar-refractivity contribution in [3.05, 3.63) is 58.3 Å². The lowest BCUT2D eigenvalue weighted by Gasteiger charge is -2.32. The fraction of sp³-hybridized carbons (Fsp3) is 0.300. The summed E-state index contributed by atoms with van der Waals surface area (Å²) in [6.45, 7) is 0. The Kier molecular flexibility index (Phi) is 5.13. The van der Waals surface area contributed by atoms with E-state index in [1.807, 2.05) is 28.9 Å². The number of aromatic nitrogens is 3. The molecule has 2 atom stereocenters. The molecule has 7 nitrogen and oxygen atoms in total. The molecule has 2 aromatic carbocycles. The van der Waals surface area contributed by atoms with Crippen LogP contribution in [-0.2, 0) is 0 Å². The maximum atomic E-state index is 5.72. The van der Waals surface area contributed by atoms with E-state index in [4.69, 9.17) is 14.2 Å². The van der Waals surface area contributed by atoms with Gasteiger partial charge in [-0.1, -0.05) is 28.1 Å². The molecular formula is C20H21BrN4O3. The molecule has 3 aromatic rings. The SMILES string of the molecule is COc1ccc([C@@H]2C[C@H](c3cccc(Br)c3)Nc3ncnn32)c(OC)c1OC. The highest BCUT2D eigenvalue weighted by Crippen LogP contribution is 2.46. The molecule has 4 rings (SSSR count). The predicted octanol–water partition coefficient (Wildman–Crippen LogP) is 4.21. The summed E-state index contributed by atoms with van der Waals surface area (Å²) in [7, 11) is 4.86. The van der Waals surface area contributed by atoms with Crippen LogP contribution in [0.2, 0.25) is 0 Å². The zero-order valence-electron chi connectivity index (χ0n) is 15.8. The highest BCUT2D eigenvalue weighted by molar-refractivity contribution is 9.10. The van der Waals surface area contributed by atoms with Gasteiger partial charge < -0.3 is 19.5 Å². The third-order valence-corrected chi connectivity index (χ3v) is 5.47. The maximum Gasteiger partial charge on any atom is 0.222 e. The second-order valence-corrected chi connectivity index (χ2v) is 7.37. The Bertz CT molecular complexity index is 991. The van der Waals surface area contributed by atoms with Crippen LogP contribution in [0.15, 0.2) is 47.2 Å². The topological polar surface area (TPSA) is 70.4 Å². The minimum atomic E-state index is -0.0718. The van der Waals surface area contributed by atoms with Gasteiger partial charge >= 0.3 is 0 Å². The number of nitrogens with zero attached hydrogens (tertiary/aromatic N) is 3. The highest BCUT2D eigenvalue weighted by Gasteiger charge is 2.33. The minimum Gasteiger partial charge on any atom is -0.493 e. The van der Waals surface area contributed by atoms with Crippen molar-refractivity contribution in [2.75, 3.05) is 26.6 Å². The van der Waals surface area contributed by atoms with Gasteiger partial charge in [-0.3, -0.25) is 0 Å². The molecule has 0 fully saturated rings. The highest BCUT2D eigenvalue weighted by atomic mass is 79.9. The van der Waals surface area contributed by atoms with Crippen LogP contribution in [0.5, 0.6) is 17.2 Å². The Morgan fingerprint density at radius 3 is 2.61 bits per heavy atom. The third kappa shape index (κ3) is 3.17. The molecule has 1 aliphatic rings. The molecule has 2 heterocycles. The van der Waals surface area contributed by atoms with E-state index >= 15 is 0 Å². The first-order chi connectivity index (χ1) is 13.7. The van der Waals surface area contributed by atoms with E-state index in [2.05, 4.69) is 43.5 Å². The van der Waals surface area contributed by atoms with Crippen LogP contribution in [0, 0.1) is 0 Å². The Morgan fingerprint density at radius 2 is 1.89 bits per heavy atom. The van der Waals surface area contributed by atoms with Crippen molar-refractivity contribution >= 4 is 21.9 Å². The van der Waals surface area contributed by atoms with Gasteiger partial charge in [0.15, 0.2) is 11.5 Å². The largest absolute Gasteiger partial charge is 0.493 e. The molecule has 0 radical (unpaired) electrons. The van der Waals surface area contributed by atoms with Crippen molar-refractivity contribution in [2.24, 2.45) is 0 Å². The first kappa shape index (κ1) is 18.6. The Hall–Kier alpha value is -2.74. The Morgan fingerprint density at radius 1 is 1.07 bits per heavy atom. The van der Waals surface area contributed by atoms with Crippen LogP contribution in [0.25, 0.3) is 0 Å². The fourth-order valence-corrected chi connectivity index (χ4v) is 4.12. The molecule has 0 aliphatic carbocycles. The van der Waals surface area contributed by atoms with Crippen molar-refractivity contribution in [3.63, 3.8) is 0 Å². The molecule has 0 unspecified atom stereocenters. The monoisotopic (exact) mass is 444 g/mol. The number of fused-ring (bicyclic) bond motifs is 1. The van der Waals surface area contributed by atoms with Gasteiger partial charge in [0.05, 0.1) is 33.4 Å². The lowest BCUT2D eigenvalue weighted by Crippen LogP contribution is -2.28. The summed E-state index contributed by atoms with van der Waals surface area (Å²) in [5.41, 5.74) is 2.14. The normalized spacial score (nSPS) is 18.1. The molecule has 1 N–H and O–H groups in total. The van der Waals surface area contributed by atoms with Crippen LogP contribution < -0.4 is 19.5 Å². The summed E-state index contributed by atoms with van der Waals surface area (Å²) in [6.07, 6.45) is 2.34. The standard InChI is InChI=1S/C20H21BrN4O3/c1-26-17-8-7-14(18(27-2)19(17)28-3)16-10-15(12-5-4-6-13(21)9-12)24-20-22-11-23-25(16)20/h4-9,11,15-16H,10H2,1-3H3,(H,22,23,24)/t15-,16+/m1/s1. The van der Waals surface area contributed by atoms with Crippen molar-refractivity contribution in [1.82, 2.24) is 14.8 Å². The van der Waals surface area contributed by atoms with E-state index in [0.717, 1.165) is 22.4 Å². The summed E-state index contributed by atoms with van der Waals surface area (Å²) in [6, 6.07) is 12.2. The van der Waals surface area contributed by atoms with Crippen molar-refractivity contribution < 1.29 is 14.2 Å². The molecule has 0 amide bonds. The number of hydrogen-bond acceptors (Lipinski definition) is 6. The van der Waals surface area contributed by atoms with E-state index in [9.17, 15) is 0 Å². The van der Waals surface area contributed by atoms with Gasteiger partial charge in [-0.15, -0.1) is 0 Å². The zero-order chi connectivity index (χ0) is 19.7. The van der Waals surface area contributed by atoms with Gasteiger partial charge in [-0.25, -0.2) is 4.68 Å². The molecule has 1 aliphatic heterocycles. The quantitative estimate of drug-likeness (QED) is 0.635. The van der Waals surface area contributed by atoms with Crippen LogP contribution in [0.1, 0.15) is 29.6 Å². The van der Waals surface area contributed by atoms with Crippen LogP contribution in [0.4, 0.5) is 5.95 Å². The number of anilines is 1. The number of halogens is 1. The maximum absolute atomic E-state index is 5.72. The van der Waals surface area contributed by atoms with Gasteiger partial charge in [0.25, 0.3) is 0 Å². The average molecular weight is 445 g/mol. The zero-order valence-corrected chi connectivity index (χ0v) is 17.4. The van der Waals surface area contributed by atoms with E-state index in [-0.39, 0.29) is 12.1 Å². The van der Waals surface area contributed by atoms with Gasteiger partial charge in [0.1, 0.15) is 6.33 Å². The van der Waals surface area contributed by atoms with Crippen LogP contribution in [0.3, 0.4) is 0 Å². The second-order valence-electron chi connectivity index (χ2n) is 6.46. The molecule has 0 saturated carbocycles. The fourth-order valence-electron chi connectivity index (χ4n) is 3.71. The summed E-state index contributed by atoms with van der Waals surface area (Å²) in [5.74, 6) is 2.56. The predicted molar refractivity (Wildman–Crippen MR) is 109 cm³/mol. The summed E-state index contributed by atoms with van der Waals surface area (Å²) < 4.78 is 19.6. The average Bonchev–Trinajstić information content (AvgIpc) is 3.20. The molecule has 8 heteroatoms. The molecule has 28 heavy (non-hydrogen) atoms. The van der Waals surface area contributed by atoms with E-state index < -0.39 is 0 Å². The third-order valence-electron chi connectivity index (χ3n) is 4.98. The smallest absolute Gasteiger partial charge is 0.222 e. The van der Waals surface area contributed by atoms with Gasteiger partial charge in [-0.05, 0) is 36.2 Å². The number of hydrogen-bond donors (Lipinski definition) is 1. The molecule has 0 saturated heterocycles. The van der Waals surface area contributed by atoms with Crippen molar-refractivity contribution in [1.29, 1.82) is 0 Å². The number of methoxy groups -OCH3 is 3. The van der Waals surface area contributed by atoms with Gasteiger partial charge in [0, 0.05) is 10.0 Å². The molecule has 146 valence electrons. The molecule has 0 bridgehead atoms. The number of nitrogens with one attached hydrogen (secondary N) is 1. The van der Waals surface area contributed by atoms with E-state index in [1.165, 1.54) is 5.56 Å². The first-order valence-electron chi connectivity index (χ1n) is 8.86. The second kappa shape index (κ2) is 7.71. The van der Waals surface area contributed by atoms with Crippen LogP contribution in [-0.4, -0.2) is 36.1 Å². The lowest BCUT2D eigenvalue weighted by molar-refractivity contribution is 0.315. The lowest BCUT2D eigenvalue weighted by atomic mass is 9.92. The Balaban J connectivity index is 1.81.